The number of hydrogen-bond acceptors (Lipinski definition) is 3. The van der Waals surface area contributed by atoms with Crippen LogP contribution in [-0.4, -0.2) is 34.9 Å². The van der Waals surface area contributed by atoms with E-state index in [1.54, 1.807) is 13.0 Å². The van der Waals surface area contributed by atoms with E-state index in [2.05, 4.69) is 5.32 Å². The Balaban J connectivity index is 4.04. The van der Waals surface area contributed by atoms with Gasteiger partial charge >= 0.3 is 0 Å². The van der Waals surface area contributed by atoms with Gasteiger partial charge in [-0.25, -0.2) is 0 Å². The molecule has 0 aromatic heterocycles. The van der Waals surface area contributed by atoms with Gasteiger partial charge in [-0.05, 0) is 6.92 Å². The first-order valence-electron chi connectivity index (χ1n) is 3.80. The topological polar surface area (TPSA) is 69.6 Å². The summed E-state index contributed by atoms with van der Waals surface area (Å²) in [5, 5.41) is 20.5. The molecule has 0 heterocycles. The van der Waals surface area contributed by atoms with Crippen LogP contribution in [0.5, 0.6) is 0 Å². The highest BCUT2D eigenvalue weighted by Gasteiger charge is 2.15. The number of nitrogens with one attached hydrogen (secondary N) is 1. The predicted octanol–water partition coefficient (Wildman–Crippen LogP) is -0.580. The zero-order valence-electron chi connectivity index (χ0n) is 7.32. The standard InChI is InChI=1S/C8H15NO3/c1-3-4-8(12)7(5-10)9-6(2)11/h3-4,7-8,10,12H,5H2,1-2H3,(H,9,11)/b4-3-/t7-,8-/m1/s1. The van der Waals surface area contributed by atoms with E-state index in [-0.39, 0.29) is 12.5 Å². The second-order valence-electron chi connectivity index (χ2n) is 2.51. The van der Waals surface area contributed by atoms with Gasteiger partial charge in [-0.1, -0.05) is 12.2 Å². The number of carbonyl (C=O) groups is 1. The predicted molar refractivity (Wildman–Crippen MR) is 45.5 cm³/mol. The third-order valence-electron chi connectivity index (χ3n) is 1.39. The van der Waals surface area contributed by atoms with Crippen LogP contribution in [0.4, 0.5) is 0 Å². The normalized spacial score (nSPS) is 16.0. The van der Waals surface area contributed by atoms with Crippen LogP contribution in [0, 0.1) is 0 Å². The molecule has 4 heteroatoms. The fourth-order valence-corrected chi connectivity index (χ4v) is 0.831. The van der Waals surface area contributed by atoms with E-state index in [1.165, 1.54) is 13.0 Å². The summed E-state index contributed by atoms with van der Waals surface area (Å²) in [6.45, 7) is 2.82. The second-order valence-corrected chi connectivity index (χ2v) is 2.51. The maximum absolute atomic E-state index is 10.6. The van der Waals surface area contributed by atoms with Gasteiger partial charge in [0.2, 0.25) is 5.91 Å². The number of hydrogen-bond donors (Lipinski definition) is 3. The lowest BCUT2D eigenvalue weighted by atomic mass is 10.1. The number of aliphatic hydroxyl groups is 2. The molecule has 3 N–H and O–H groups in total. The summed E-state index contributed by atoms with van der Waals surface area (Å²) < 4.78 is 0. The lowest BCUT2D eigenvalue weighted by Gasteiger charge is -2.18. The molecule has 0 aliphatic carbocycles. The molecule has 2 atom stereocenters. The molecule has 70 valence electrons. The highest BCUT2D eigenvalue weighted by molar-refractivity contribution is 5.73. The molecule has 0 bridgehead atoms. The summed E-state index contributed by atoms with van der Waals surface area (Å²) in [7, 11) is 0. The zero-order chi connectivity index (χ0) is 9.56. The highest BCUT2D eigenvalue weighted by Crippen LogP contribution is 1.94. The second kappa shape index (κ2) is 5.74. The van der Waals surface area contributed by atoms with Gasteiger partial charge < -0.3 is 15.5 Å². The van der Waals surface area contributed by atoms with Crippen molar-refractivity contribution in [3.05, 3.63) is 12.2 Å². The molecule has 0 aromatic carbocycles. The van der Waals surface area contributed by atoms with Crippen molar-refractivity contribution in [2.45, 2.75) is 26.0 Å². The van der Waals surface area contributed by atoms with Gasteiger partial charge in [0.15, 0.2) is 0 Å². The van der Waals surface area contributed by atoms with Gasteiger partial charge in [-0.15, -0.1) is 0 Å². The molecule has 1 amide bonds. The first kappa shape index (κ1) is 11.1. The molecule has 0 aliphatic rings. The largest absolute Gasteiger partial charge is 0.394 e. The Hall–Kier alpha value is -0.870. The molecule has 0 saturated carbocycles. The molecular formula is C8H15NO3. The molecule has 0 unspecified atom stereocenters. The molecule has 0 fully saturated rings. The van der Waals surface area contributed by atoms with Crippen LogP contribution in [0.3, 0.4) is 0 Å². The van der Waals surface area contributed by atoms with Crippen LogP contribution in [0.1, 0.15) is 13.8 Å². The Kier molecular flexibility index (Phi) is 5.32. The number of allylic oxidation sites excluding steroid dienone is 1. The van der Waals surface area contributed by atoms with Gasteiger partial charge in [-0.2, -0.15) is 0 Å². The molecule has 0 saturated heterocycles. The molecule has 0 spiro atoms. The Bertz CT molecular complexity index is 168. The van der Waals surface area contributed by atoms with Crippen molar-refractivity contribution in [3.63, 3.8) is 0 Å². The van der Waals surface area contributed by atoms with Gasteiger partial charge in [0.05, 0.1) is 18.8 Å². The third-order valence-corrected chi connectivity index (χ3v) is 1.39. The van der Waals surface area contributed by atoms with Crippen LogP contribution in [0.2, 0.25) is 0 Å². The van der Waals surface area contributed by atoms with Crippen LogP contribution in [-0.2, 0) is 4.79 Å². The minimum Gasteiger partial charge on any atom is -0.394 e. The number of rotatable bonds is 4. The lowest BCUT2D eigenvalue weighted by Crippen LogP contribution is -2.44. The van der Waals surface area contributed by atoms with E-state index in [4.69, 9.17) is 5.11 Å². The Morgan fingerprint density at radius 2 is 2.25 bits per heavy atom. The molecule has 4 nitrogen and oxygen atoms in total. The monoisotopic (exact) mass is 173 g/mol. The van der Waals surface area contributed by atoms with Crippen molar-refractivity contribution in [1.29, 1.82) is 0 Å². The van der Waals surface area contributed by atoms with Crippen molar-refractivity contribution < 1.29 is 15.0 Å². The Morgan fingerprint density at radius 1 is 1.67 bits per heavy atom. The first-order valence-corrected chi connectivity index (χ1v) is 3.80. The summed E-state index contributed by atoms with van der Waals surface area (Å²) in [4.78, 5) is 10.6. The summed E-state index contributed by atoms with van der Waals surface area (Å²) in [6.07, 6.45) is 2.34. The van der Waals surface area contributed by atoms with Crippen LogP contribution >= 0.6 is 0 Å². The van der Waals surface area contributed by atoms with Crippen molar-refractivity contribution in [1.82, 2.24) is 5.32 Å². The summed E-state index contributed by atoms with van der Waals surface area (Å²) in [5.41, 5.74) is 0. The average molecular weight is 173 g/mol. The molecule has 0 radical (unpaired) electrons. The number of carbonyl (C=O) groups excluding carboxylic acids is 1. The fourth-order valence-electron chi connectivity index (χ4n) is 0.831. The van der Waals surface area contributed by atoms with E-state index in [0.717, 1.165) is 0 Å². The third kappa shape index (κ3) is 4.10. The number of amides is 1. The van der Waals surface area contributed by atoms with Crippen molar-refractivity contribution in [2.24, 2.45) is 0 Å². The summed E-state index contributed by atoms with van der Waals surface area (Å²) in [6, 6.07) is -0.612. The van der Waals surface area contributed by atoms with E-state index < -0.39 is 12.1 Å². The number of aliphatic hydroxyl groups excluding tert-OH is 2. The first-order chi connectivity index (χ1) is 5.61. The molecule has 0 aliphatic heterocycles. The maximum Gasteiger partial charge on any atom is 0.217 e. The Labute approximate surface area is 71.9 Å². The van der Waals surface area contributed by atoms with Crippen molar-refractivity contribution >= 4 is 5.91 Å². The lowest BCUT2D eigenvalue weighted by molar-refractivity contribution is -0.120. The quantitative estimate of drug-likeness (QED) is 0.498. The van der Waals surface area contributed by atoms with Crippen LogP contribution in [0.25, 0.3) is 0 Å². The SMILES string of the molecule is C/C=C\[C@@H](O)[C@@H](CO)NC(C)=O. The minimum absolute atomic E-state index is 0.266. The van der Waals surface area contributed by atoms with Crippen molar-refractivity contribution in [2.75, 3.05) is 6.61 Å². The smallest absolute Gasteiger partial charge is 0.217 e. The van der Waals surface area contributed by atoms with Crippen LogP contribution in [0.15, 0.2) is 12.2 Å². The highest BCUT2D eigenvalue weighted by atomic mass is 16.3. The molecule has 12 heavy (non-hydrogen) atoms. The van der Waals surface area contributed by atoms with Gasteiger partial charge in [0, 0.05) is 6.92 Å². The fraction of sp³-hybridized carbons (Fsp3) is 0.625. The Morgan fingerprint density at radius 3 is 2.58 bits per heavy atom. The molecular weight excluding hydrogens is 158 g/mol. The summed E-state index contributed by atoms with van der Waals surface area (Å²) in [5.74, 6) is -0.266. The summed E-state index contributed by atoms with van der Waals surface area (Å²) >= 11 is 0. The van der Waals surface area contributed by atoms with E-state index >= 15 is 0 Å². The van der Waals surface area contributed by atoms with Crippen LogP contribution < -0.4 is 5.32 Å². The van der Waals surface area contributed by atoms with Gasteiger partial charge in [0.25, 0.3) is 0 Å². The van der Waals surface area contributed by atoms with Gasteiger partial charge in [0.1, 0.15) is 0 Å². The molecule has 0 rings (SSSR count). The van der Waals surface area contributed by atoms with Gasteiger partial charge in [-0.3, -0.25) is 4.79 Å². The molecule has 0 aromatic rings. The van der Waals surface area contributed by atoms with E-state index in [0.29, 0.717) is 0 Å². The van der Waals surface area contributed by atoms with Crippen molar-refractivity contribution in [3.8, 4) is 0 Å². The average Bonchev–Trinajstić information content (AvgIpc) is 2.00. The van der Waals surface area contributed by atoms with E-state index in [1.807, 2.05) is 0 Å². The minimum atomic E-state index is -0.830. The zero-order valence-corrected chi connectivity index (χ0v) is 7.32. The maximum atomic E-state index is 10.6. The van der Waals surface area contributed by atoms with E-state index in [9.17, 15) is 9.90 Å².